The summed E-state index contributed by atoms with van der Waals surface area (Å²) in [4.78, 5) is 28.1. The van der Waals surface area contributed by atoms with Crippen molar-refractivity contribution in [2.45, 2.75) is 11.2 Å². The van der Waals surface area contributed by atoms with Crippen LogP contribution in [0.15, 0.2) is 18.3 Å². The van der Waals surface area contributed by atoms with E-state index in [-0.39, 0.29) is 10.7 Å². The zero-order valence-electron chi connectivity index (χ0n) is 7.89. The van der Waals surface area contributed by atoms with Crippen LogP contribution < -0.4 is 4.90 Å². The SMILES string of the molecule is O=Cc1cccnc1N1CC(Br)CC1=O. The lowest BCUT2D eigenvalue weighted by Crippen LogP contribution is -2.26. The first-order chi connectivity index (χ1) is 7.22. The van der Waals surface area contributed by atoms with Crippen LogP contribution in [0, 0.1) is 0 Å². The van der Waals surface area contributed by atoms with Crippen LogP contribution in [0.2, 0.25) is 0 Å². The Kier molecular flexibility index (Phi) is 2.81. The number of halogens is 1. The number of carbonyl (C=O) groups excluding carboxylic acids is 2. The third-order valence-corrected chi connectivity index (χ3v) is 2.89. The number of carbonyl (C=O) groups is 2. The molecule has 2 rings (SSSR count). The third kappa shape index (κ3) is 1.92. The molecule has 1 aliphatic heterocycles. The highest BCUT2D eigenvalue weighted by atomic mass is 79.9. The fraction of sp³-hybridized carbons (Fsp3) is 0.300. The van der Waals surface area contributed by atoms with Crippen LogP contribution in [0.3, 0.4) is 0 Å². The molecule has 1 aliphatic rings. The van der Waals surface area contributed by atoms with E-state index in [0.717, 1.165) is 6.29 Å². The lowest BCUT2D eigenvalue weighted by Gasteiger charge is -2.15. The fourth-order valence-electron chi connectivity index (χ4n) is 1.60. The molecule has 0 aliphatic carbocycles. The lowest BCUT2D eigenvalue weighted by molar-refractivity contribution is -0.117. The predicted octanol–water partition coefficient (Wildman–Crippen LogP) is 1.39. The van der Waals surface area contributed by atoms with Crippen molar-refractivity contribution < 1.29 is 9.59 Å². The smallest absolute Gasteiger partial charge is 0.229 e. The van der Waals surface area contributed by atoms with Crippen LogP contribution in [0.25, 0.3) is 0 Å². The molecular weight excluding hydrogens is 260 g/mol. The number of rotatable bonds is 2. The zero-order valence-corrected chi connectivity index (χ0v) is 9.48. The monoisotopic (exact) mass is 268 g/mol. The molecule has 1 aromatic rings. The van der Waals surface area contributed by atoms with Crippen molar-refractivity contribution in [2.75, 3.05) is 11.4 Å². The van der Waals surface area contributed by atoms with Gasteiger partial charge in [0, 0.05) is 24.0 Å². The maximum Gasteiger partial charge on any atom is 0.229 e. The second-order valence-electron chi connectivity index (χ2n) is 3.34. The average molecular weight is 269 g/mol. The summed E-state index contributed by atoms with van der Waals surface area (Å²) in [7, 11) is 0. The van der Waals surface area contributed by atoms with Gasteiger partial charge >= 0.3 is 0 Å². The van der Waals surface area contributed by atoms with Crippen molar-refractivity contribution in [3.63, 3.8) is 0 Å². The standard InChI is InChI=1S/C10H9BrN2O2/c11-8-4-9(15)13(5-8)10-7(6-14)2-1-3-12-10/h1-3,6,8H,4-5H2. The van der Waals surface area contributed by atoms with Crippen LogP contribution in [0.1, 0.15) is 16.8 Å². The number of pyridine rings is 1. The second kappa shape index (κ2) is 4.10. The first-order valence-electron chi connectivity index (χ1n) is 4.57. The van der Waals surface area contributed by atoms with Crippen LogP contribution >= 0.6 is 15.9 Å². The summed E-state index contributed by atoms with van der Waals surface area (Å²) in [6.07, 6.45) is 2.75. The minimum atomic E-state index is -0.00123. The van der Waals surface area contributed by atoms with E-state index in [9.17, 15) is 9.59 Å². The molecule has 1 fully saturated rings. The summed E-state index contributed by atoms with van der Waals surface area (Å²) in [6, 6.07) is 3.34. The number of aldehydes is 1. The molecule has 0 aromatic carbocycles. The van der Waals surface area contributed by atoms with E-state index >= 15 is 0 Å². The van der Waals surface area contributed by atoms with Crippen molar-refractivity contribution in [2.24, 2.45) is 0 Å². The summed E-state index contributed by atoms with van der Waals surface area (Å²) in [6.45, 7) is 0.566. The zero-order chi connectivity index (χ0) is 10.8. The summed E-state index contributed by atoms with van der Waals surface area (Å²) in [5, 5.41) is 0. The highest BCUT2D eigenvalue weighted by Gasteiger charge is 2.30. The van der Waals surface area contributed by atoms with Gasteiger partial charge in [-0.3, -0.25) is 14.5 Å². The summed E-state index contributed by atoms with van der Waals surface area (Å²) in [5.41, 5.74) is 0.451. The van der Waals surface area contributed by atoms with Gasteiger partial charge in [0.15, 0.2) is 6.29 Å². The Balaban J connectivity index is 2.37. The van der Waals surface area contributed by atoms with E-state index in [2.05, 4.69) is 20.9 Å². The maximum atomic E-state index is 11.6. The molecule has 0 radical (unpaired) electrons. The Morgan fingerprint density at radius 2 is 2.40 bits per heavy atom. The van der Waals surface area contributed by atoms with E-state index in [1.165, 1.54) is 0 Å². The topological polar surface area (TPSA) is 50.3 Å². The van der Waals surface area contributed by atoms with E-state index in [4.69, 9.17) is 0 Å². The fourth-order valence-corrected chi connectivity index (χ4v) is 2.16. The van der Waals surface area contributed by atoms with Crippen molar-refractivity contribution in [3.05, 3.63) is 23.9 Å². The molecule has 2 heterocycles. The maximum absolute atomic E-state index is 11.6. The molecule has 0 N–H and O–H groups in total. The van der Waals surface area contributed by atoms with Crippen molar-refractivity contribution >= 4 is 33.9 Å². The summed E-state index contributed by atoms with van der Waals surface area (Å²) >= 11 is 3.38. The Morgan fingerprint density at radius 3 is 3.00 bits per heavy atom. The molecule has 1 saturated heterocycles. The molecule has 5 heteroatoms. The van der Waals surface area contributed by atoms with Crippen LogP contribution in [0.4, 0.5) is 5.82 Å². The average Bonchev–Trinajstić information content (AvgIpc) is 2.57. The van der Waals surface area contributed by atoms with Crippen LogP contribution in [-0.2, 0) is 4.79 Å². The molecule has 0 spiro atoms. The van der Waals surface area contributed by atoms with Gasteiger partial charge in [-0.2, -0.15) is 0 Å². The van der Waals surface area contributed by atoms with E-state index in [1.807, 2.05) is 0 Å². The number of hydrogen-bond donors (Lipinski definition) is 0. The molecule has 0 bridgehead atoms. The lowest BCUT2D eigenvalue weighted by atomic mass is 10.2. The molecule has 4 nitrogen and oxygen atoms in total. The van der Waals surface area contributed by atoms with Crippen molar-refractivity contribution in [3.8, 4) is 0 Å². The molecule has 1 atom stereocenters. The normalized spacial score (nSPS) is 20.7. The largest absolute Gasteiger partial charge is 0.298 e. The van der Waals surface area contributed by atoms with Gasteiger partial charge < -0.3 is 0 Å². The van der Waals surface area contributed by atoms with E-state index in [1.54, 1.807) is 23.2 Å². The molecule has 0 saturated carbocycles. The van der Waals surface area contributed by atoms with Gasteiger partial charge in [0.1, 0.15) is 5.82 Å². The predicted molar refractivity (Wildman–Crippen MR) is 59.3 cm³/mol. The Morgan fingerprint density at radius 1 is 1.60 bits per heavy atom. The minimum Gasteiger partial charge on any atom is -0.298 e. The summed E-state index contributed by atoms with van der Waals surface area (Å²) in [5.74, 6) is 0.457. The Bertz CT molecular complexity index is 408. The number of nitrogens with zero attached hydrogens (tertiary/aromatic N) is 2. The van der Waals surface area contributed by atoms with Gasteiger partial charge in [-0.25, -0.2) is 4.98 Å². The third-order valence-electron chi connectivity index (χ3n) is 2.28. The van der Waals surface area contributed by atoms with Gasteiger partial charge in [-0.05, 0) is 12.1 Å². The Hall–Kier alpha value is -1.23. The number of amides is 1. The quantitative estimate of drug-likeness (QED) is 0.602. The number of anilines is 1. The van der Waals surface area contributed by atoms with Crippen LogP contribution in [-0.4, -0.2) is 28.5 Å². The molecule has 15 heavy (non-hydrogen) atoms. The van der Waals surface area contributed by atoms with Gasteiger partial charge in [0.25, 0.3) is 0 Å². The van der Waals surface area contributed by atoms with E-state index < -0.39 is 0 Å². The van der Waals surface area contributed by atoms with Crippen molar-refractivity contribution in [1.29, 1.82) is 0 Å². The van der Waals surface area contributed by atoms with Crippen LogP contribution in [0.5, 0.6) is 0 Å². The molecule has 1 unspecified atom stereocenters. The first kappa shape index (κ1) is 10.3. The Labute approximate surface area is 95.4 Å². The molecule has 1 aromatic heterocycles. The van der Waals surface area contributed by atoms with Gasteiger partial charge in [0.2, 0.25) is 5.91 Å². The summed E-state index contributed by atoms with van der Waals surface area (Å²) < 4.78 is 0. The minimum absolute atomic E-state index is 0.00123. The van der Waals surface area contributed by atoms with Gasteiger partial charge in [0.05, 0.1) is 5.56 Å². The molecular formula is C10H9BrN2O2. The number of alkyl halides is 1. The number of aromatic nitrogens is 1. The number of hydrogen-bond acceptors (Lipinski definition) is 3. The van der Waals surface area contributed by atoms with E-state index in [0.29, 0.717) is 24.3 Å². The highest BCUT2D eigenvalue weighted by Crippen LogP contribution is 2.25. The van der Waals surface area contributed by atoms with Gasteiger partial charge in [-0.15, -0.1) is 0 Å². The van der Waals surface area contributed by atoms with Crippen molar-refractivity contribution in [1.82, 2.24) is 4.98 Å². The highest BCUT2D eigenvalue weighted by molar-refractivity contribution is 9.09. The van der Waals surface area contributed by atoms with Gasteiger partial charge in [-0.1, -0.05) is 15.9 Å². The molecule has 1 amide bonds. The first-order valence-corrected chi connectivity index (χ1v) is 5.48. The second-order valence-corrected chi connectivity index (χ2v) is 4.63. The molecule has 78 valence electrons.